The van der Waals surface area contributed by atoms with Gasteiger partial charge in [-0.1, -0.05) is 18.2 Å². The van der Waals surface area contributed by atoms with Gasteiger partial charge in [0.15, 0.2) is 0 Å². The maximum atomic E-state index is 12.1. The van der Waals surface area contributed by atoms with Gasteiger partial charge in [-0.2, -0.15) is 8.42 Å². The molecule has 0 aromatic heterocycles. The Morgan fingerprint density at radius 2 is 1.84 bits per heavy atom. The summed E-state index contributed by atoms with van der Waals surface area (Å²) in [5, 5.41) is 0. The number of para-hydroxylation sites is 1. The van der Waals surface area contributed by atoms with Crippen LogP contribution in [0.5, 0.6) is 11.5 Å². The minimum absolute atomic E-state index is 0.153. The van der Waals surface area contributed by atoms with Crippen LogP contribution in [0.15, 0.2) is 53.4 Å². The van der Waals surface area contributed by atoms with Gasteiger partial charge >= 0.3 is 10.1 Å². The summed E-state index contributed by atoms with van der Waals surface area (Å²) < 4.78 is 34.7. The molecule has 4 nitrogen and oxygen atoms in total. The van der Waals surface area contributed by atoms with E-state index in [1.165, 1.54) is 6.07 Å². The van der Waals surface area contributed by atoms with Crippen molar-refractivity contribution in [3.63, 3.8) is 0 Å². The van der Waals surface area contributed by atoms with Crippen molar-refractivity contribution in [2.75, 3.05) is 6.61 Å². The lowest BCUT2D eigenvalue weighted by Gasteiger charge is -2.07. The molecule has 98 valence electrons. The van der Waals surface area contributed by atoms with Crippen molar-refractivity contribution in [1.29, 1.82) is 0 Å². The van der Waals surface area contributed by atoms with Crippen LogP contribution in [0.25, 0.3) is 0 Å². The zero-order valence-corrected chi connectivity index (χ0v) is 10.9. The van der Waals surface area contributed by atoms with Crippen LogP contribution >= 0.6 is 0 Å². The van der Waals surface area contributed by atoms with E-state index in [9.17, 15) is 8.42 Å². The Bertz CT molecular complexity index is 693. The number of hydrogen-bond acceptors (Lipinski definition) is 4. The topological polar surface area (TPSA) is 52.6 Å². The second kappa shape index (κ2) is 4.59. The van der Waals surface area contributed by atoms with E-state index in [1.807, 2.05) is 0 Å². The smallest absolute Gasteiger partial charge is 0.339 e. The summed E-state index contributed by atoms with van der Waals surface area (Å²) in [4.78, 5) is 0.153. The molecule has 0 spiro atoms. The SMILES string of the molecule is O=S(=O)(Oc1ccccc1)c1ccc2c(c1)CCO2. The van der Waals surface area contributed by atoms with Crippen LogP contribution in [-0.4, -0.2) is 15.0 Å². The van der Waals surface area contributed by atoms with Gasteiger partial charge in [-0.3, -0.25) is 0 Å². The van der Waals surface area contributed by atoms with E-state index in [4.69, 9.17) is 8.92 Å². The predicted octanol–water partition coefficient (Wildman–Crippen LogP) is 2.39. The lowest BCUT2D eigenvalue weighted by molar-refractivity contribution is 0.356. The average molecular weight is 276 g/mol. The molecule has 5 heteroatoms. The summed E-state index contributed by atoms with van der Waals surface area (Å²) in [6.07, 6.45) is 0.726. The number of benzene rings is 2. The summed E-state index contributed by atoms with van der Waals surface area (Å²) in [6.45, 7) is 0.596. The third-order valence-electron chi connectivity index (χ3n) is 2.90. The van der Waals surface area contributed by atoms with Gasteiger partial charge in [0.25, 0.3) is 0 Å². The molecule has 1 aliphatic rings. The highest BCUT2D eigenvalue weighted by Crippen LogP contribution is 2.28. The van der Waals surface area contributed by atoms with E-state index in [0.717, 1.165) is 17.7 Å². The zero-order chi connectivity index (χ0) is 13.3. The highest BCUT2D eigenvalue weighted by atomic mass is 32.2. The Morgan fingerprint density at radius 1 is 1.05 bits per heavy atom. The van der Waals surface area contributed by atoms with Crippen molar-refractivity contribution in [2.45, 2.75) is 11.3 Å². The summed E-state index contributed by atoms with van der Waals surface area (Å²) in [5.74, 6) is 1.05. The molecule has 0 N–H and O–H groups in total. The van der Waals surface area contributed by atoms with E-state index >= 15 is 0 Å². The Hall–Kier alpha value is -2.01. The van der Waals surface area contributed by atoms with Crippen LogP contribution in [0.2, 0.25) is 0 Å². The van der Waals surface area contributed by atoms with Gasteiger partial charge in [0.05, 0.1) is 6.61 Å². The zero-order valence-electron chi connectivity index (χ0n) is 10.1. The molecule has 0 saturated carbocycles. The first-order valence-corrected chi connectivity index (χ1v) is 7.31. The van der Waals surface area contributed by atoms with Gasteiger partial charge in [0.1, 0.15) is 16.4 Å². The first-order valence-electron chi connectivity index (χ1n) is 5.90. The van der Waals surface area contributed by atoms with Crippen molar-refractivity contribution in [2.24, 2.45) is 0 Å². The van der Waals surface area contributed by atoms with E-state index in [0.29, 0.717) is 12.4 Å². The summed E-state index contributed by atoms with van der Waals surface area (Å²) >= 11 is 0. The van der Waals surface area contributed by atoms with Gasteiger partial charge in [0.2, 0.25) is 0 Å². The Labute approximate surface area is 111 Å². The largest absolute Gasteiger partial charge is 0.493 e. The van der Waals surface area contributed by atoms with Crippen molar-refractivity contribution < 1.29 is 17.3 Å². The van der Waals surface area contributed by atoms with E-state index < -0.39 is 10.1 Å². The lowest BCUT2D eigenvalue weighted by atomic mass is 10.2. The Kier molecular flexibility index (Phi) is 2.91. The highest BCUT2D eigenvalue weighted by molar-refractivity contribution is 7.87. The molecule has 0 unspecified atom stereocenters. The third-order valence-corrected chi connectivity index (χ3v) is 4.14. The summed E-state index contributed by atoms with van der Waals surface area (Å²) in [5.41, 5.74) is 0.901. The number of ether oxygens (including phenoxy) is 1. The molecule has 0 amide bonds. The standard InChI is InChI=1S/C14H12O4S/c15-19(16,18-12-4-2-1-3-5-12)13-6-7-14-11(10-13)8-9-17-14/h1-7,10H,8-9H2. The molecule has 19 heavy (non-hydrogen) atoms. The molecule has 0 fully saturated rings. The second-order valence-electron chi connectivity index (χ2n) is 4.22. The Balaban J connectivity index is 1.92. The fourth-order valence-electron chi connectivity index (χ4n) is 1.97. The van der Waals surface area contributed by atoms with Gasteiger partial charge in [0, 0.05) is 6.42 Å². The van der Waals surface area contributed by atoms with E-state index in [1.54, 1.807) is 42.5 Å². The molecule has 0 aliphatic carbocycles. The monoisotopic (exact) mass is 276 g/mol. The highest BCUT2D eigenvalue weighted by Gasteiger charge is 2.20. The normalized spacial score (nSPS) is 13.7. The lowest BCUT2D eigenvalue weighted by Crippen LogP contribution is -2.09. The van der Waals surface area contributed by atoms with Crippen LogP contribution in [0.3, 0.4) is 0 Å². The minimum Gasteiger partial charge on any atom is -0.493 e. The van der Waals surface area contributed by atoms with E-state index in [2.05, 4.69) is 0 Å². The maximum Gasteiger partial charge on any atom is 0.339 e. The minimum atomic E-state index is -3.79. The van der Waals surface area contributed by atoms with Crippen molar-refractivity contribution in [1.82, 2.24) is 0 Å². The molecule has 0 atom stereocenters. The number of fused-ring (bicyclic) bond motifs is 1. The second-order valence-corrected chi connectivity index (χ2v) is 5.76. The maximum absolute atomic E-state index is 12.1. The molecule has 1 aliphatic heterocycles. The van der Waals surface area contributed by atoms with Crippen molar-refractivity contribution >= 4 is 10.1 Å². The van der Waals surface area contributed by atoms with E-state index in [-0.39, 0.29) is 4.90 Å². The van der Waals surface area contributed by atoms with Gasteiger partial charge in [-0.15, -0.1) is 0 Å². The third kappa shape index (κ3) is 2.42. The van der Waals surface area contributed by atoms with Gasteiger partial charge in [-0.05, 0) is 35.9 Å². The first-order chi connectivity index (χ1) is 9.15. The van der Waals surface area contributed by atoms with Crippen LogP contribution in [-0.2, 0) is 16.5 Å². The molecule has 1 heterocycles. The van der Waals surface area contributed by atoms with Crippen molar-refractivity contribution in [3.05, 3.63) is 54.1 Å². The molecule has 3 rings (SSSR count). The molecule has 2 aromatic carbocycles. The summed E-state index contributed by atoms with van der Waals surface area (Å²) in [7, 11) is -3.79. The quantitative estimate of drug-likeness (QED) is 0.808. The number of rotatable bonds is 3. The van der Waals surface area contributed by atoms with Gasteiger partial charge in [-0.25, -0.2) is 0 Å². The predicted molar refractivity (Wildman–Crippen MR) is 69.9 cm³/mol. The molecular weight excluding hydrogens is 264 g/mol. The molecule has 0 bridgehead atoms. The van der Waals surface area contributed by atoms with Crippen LogP contribution < -0.4 is 8.92 Å². The van der Waals surface area contributed by atoms with Crippen molar-refractivity contribution in [3.8, 4) is 11.5 Å². The number of hydrogen-bond donors (Lipinski definition) is 0. The fourth-order valence-corrected chi connectivity index (χ4v) is 2.95. The Morgan fingerprint density at radius 3 is 2.63 bits per heavy atom. The molecular formula is C14H12O4S. The van der Waals surface area contributed by atoms with Crippen LogP contribution in [0.1, 0.15) is 5.56 Å². The fraction of sp³-hybridized carbons (Fsp3) is 0.143. The molecule has 0 radical (unpaired) electrons. The first kappa shape index (κ1) is 12.0. The molecule has 0 saturated heterocycles. The molecule has 2 aromatic rings. The van der Waals surface area contributed by atoms with Crippen LogP contribution in [0.4, 0.5) is 0 Å². The van der Waals surface area contributed by atoms with Gasteiger partial charge < -0.3 is 8.92 Å². The average Bonchev–Trinajstić information content (AvgIpc) is 2.86. The van der Waals surface area contributed by atoms with Crippen LogP contribution in [0, 0.1) is 0 Å². The summed E-state index contributed by atoms with van der Waals surface area (Å²) in [6, 6.07) is 13.2.